The molecule has 1 heterocycles. The Morgan fingerprint density at radius 2 is 1.96 bits per heavy atom. The number of rotatable bonds is 6. The monoisotopic (exact) mass is 358 g/mol. The van der Waals surface area contributed by atoms with Gasteiger partial charge in [0, 0.05) is 24.2 Å². The molecule has 0 unspecified atom stereocenters. The number of nitrogens with one attached hydrogen (secondary N) is 1. The van der Waals surface area contributed by atoms with Gasteiger partial charge in [-0.05, 0) is 56.3 Å². The van der Waals surface area contributed by atoms with Crippen LogP contribution in [0.2, 0.25) is 5.02 Å². The molecule has 0 amide bonds. The Labute approximate surface area is 143 Å². The van der Waals surface area contributed by atoms with Crippen LogP contribution in [-0.2, 0) is 10.0 Å². The van der Waals surface area contributed by atoms with Gasteiger partial charge < -0.3 is 10.1 Å². The van der Waals surface area contributed by atoms with Crippen molar-refractivity contribution in [3.63, 3.8) is 0 Å². The lowest BCUT2D eigenvalue weighted by Crippen LogP contribution is -2.45. The van der Waals surface area contributed by atoms with Gasteiger partial charge in [-0.3, -0.25) is 0 Å². The Balaban J connectivity index is 1.67. The molecule has 0 atom stereocenters. The highest BCUT2D eigenvalue weighted by Gasteiger charge is 2.32. The van der Waals surface area contributed by atoms with E-state index in [1.54, 1.807) is 12.1 Å². The van der Waals surface area contributed by atoms with Crippen LogP contribution >= 0.6 is 11.6 Å². The van der Waals surface area contributed by atoms with E-state index in [0.29, 0.717) is 29.9 Å². The van der Waals surface area contributed by atoms with E-state index in [4.69, 9.17) is 16.3 Å². The SMILES string of the molecule is COc1ccc(Cl)cc1S(=O)(=O)N1CCC(NCC2CC2)CC1. The molecule has 0 bridgehead atoms. The minimum atomic E-state index is -3.57. The molecule has 1 aliphatic heterocycles. The van der Waals surface area contributed by atoms with E-state index < -0.39 is 10.0 Å². The summed E-state index contributed by atoms with van der Waals surface area (Å²) in [6, 6.07) is 5.11. The van der Waals surface area contributed by atoms with Gasteiger partial charge in [0.25, 0.3) is 0 Å². The highest BCUT2D eigenvalue weighted by atomic mass is 35.5. The Hall–Kier alpha value is -0.820. The summed E-state index contributed by atoms with van der Waals surface area (Å²) >= 11 is 5.97. The Bertz CT molecular complexity index is 653. The second-order valence-corrected chi connectivity index (χ2v) is 8.67. The molecule has 2 fully saturated rings. The first-order chi connectivity index (χ1) is 11.0. The fourth-order valence-corrected chi connectivity index (χ4v) is 4.83. The van der Waals surface area contributed by atoms with Gasteiger partial charge >= 0.3 is 0 Å². The van der Waals surface area contributed by atoms with Crippen molar-refractivity contribution in [1.82, 2.24) is 9.62 Å². The Kier molecular flexibility index (Phi) is 5.16. The van der Waals surface area contributed by atoms with Crippen LogP contribution in [0.4, 0.5) is 0 Å². The average molecular weight is 359 g/mol. The minimum absolute atomic E-state index is 0.150. The van der Waals surface area contributed by atoms with Gasteiger partial charge in [-0.15, -0.1) is 0 Å². The summed E-state index contributed by atoms with van der Waals surface area (Å²) in [5, 5.41) is 3.95. The molecule has 7 heteroatoms. The zero-order valence-electron chi connectivity index (χ0n) is 13.3. The van der Waals surface area contributed by atoms with Crippen LogP contribution in [0.1, 0.15) is 25.7 Å². The number of hydrogen-bond donors (Lipinski definition) is 1. The molecule has 1 aliphatic carbocycles. The van der Waals surface area contributed by atoms with Gasteiger partial charge in [-0.1, -0.05) is 11.6 Å². The maximum absolute atomic E-state index is 12.9. The fourth-order valence-electron chi connectivity index (χ4n) is 2.95. The van der Waals surface area contributed by atoms with Crippen molar-refractivity contribution in [2.24, 2.45) is 5.92 Å². The number of hydrogen-bond acceptors (Lipinski definition) is 4. The number of methoxy groups -OCH3 is 1. The van der Waals surface area contributed by atoms with E-state index in [1.807, 2.05) is 0 Å². The minimum Gasteiger partial charge on any atom is -0.495 e. The van der Waals surface area contributed by atoms with Crippen LogP contribution in [0.3, 0.4) is 0 Å². The maximum Gasteiger partial charge on any atom is 0.246 e. The Morgan fingerprint density at radius 3 is 2.57 bits per heavy atom. The second kappa shape index (κ2) is 6.97. The zero-order valence-corrected chi connectivity index (χ0v) is 14.9. The van der Waals surface area contributed by atoms with Crippen LogP contribution in [0.5, 0.6) is 5.75 Å². The molecular weight excluding hydrogens is 336 g/mol. The topological polar surface area (TPSA) is 58.6 Å². The average Bonchev–Trinajstić information content (AvgIpc) is 3.37. The van der Waals surface area contributed by atoms with Crippen molar-refractivity contribution in [2.45, 2.75) is 36.6 Å². The summed E-state index contributed by atoms with van der Waals surface area (Å²) in [5.74, 6) is 1.18. The summed E-state index contributed by atoms with van der Waals surface area (Å²) in [5.41, 5.74) is 0. The molecule has 1 aromatic rings. The van der Waals surface area contributed by atoms with Gasteiger partial charge in [0.05, 0.1) is 7.11 Å². The second-order valence-electron chi connectivity index (χ2n) is 6.33. The molecular formula is C16H23ClN2O3S. The van der Waals surface area contributed by atoms with Gasteiger partial charge in [0.2, 0.25) is 10.0 Å². The third-order valence-corrected chi connectivity index (χ3v) is 6.74. The molecule has 0 spiro atoms. The largest absolute Gasteiger partial charge is 0.495 e. The lowest BCUT2D eigenvalue weighted by molar-refractivity contribution is 0.287. The molecule has 1 saturated carbocycles. The lowest BCUT2D eigenvalue weighted by Gasteiger charge is -2.32. The smallest absolute Gasteiger partial charge is 0.246 e. The van der Waals surface area contributed by atoms with Crippen LogP contribution in [0.25, 0.3) is 0 Å². The number of ether oxygens (including phenoxy) is 1. The first kappa shape index (κ1) is 17.0. The molecule has 3 rings (SSSR count). The van der Waals surface area contributed by atoms with Crippen molar-refractivity contribution in [3.8, 4) is 5.75 Å². The van der Waals surface area contributed by atoms with E-state index in [0.717, 1.165) is 25.3 Å². The molecule has 2 aliphatic rings. The molecule has 1 saturated heterocycles. The molecule has 0 aromatic heterocycles. The van der Waals surface area contributed by atoms with Crippen molar-refractivity contribution in [3.05, 3.63) is 23.2 Å². The number of halogens is 1. The third-order valence-electron chi connectivity index (χ3n) is 4.59. The van der Waals surface area contributed by atoms with E-state index in [1.165, 1.54) is 30.3 Å². The van der Waals surface area contributed by atoms with Crippen LogP contribution in [-0.4, -0.2) is 45.5 Å². The molecule has 128 valence electrons. The van der Waals surface area contributed by atoms with Crippen LogP contribution < -0.4 is 10.1 Å². The predicted octanol–water partition coefficient (Wildman–Crippen LogP) is 2.50. The maximum atomic E-state index is 12.9. The molecule has 23 heavy (non-hydrogen) atoms. The van der Waals surface area contributed by atoms with Crippen LogP contribution in [0.15, 0.2) is 23.1 Å². The van der Waals surface area contributed by atoms with E-state index in [9.17, 15) is 8.42 Å². The molecule has 0 radical (unpaired) electrons. The number of nitrogens with zero attached hydrogens (tertiary/aromatic N) is 1. The first-order valence-electron chi connectivity index (χ1n) is 8.08. The summed E-state index contributed by atoms with van der Waals surface area (Å²) in [6.07, 6.45) is 4.34. The third kappa shape index (κ3) is 3.99. The standard InChI is InChI=1S/C16H23ClN2O3S/c1-22-15-5-4-13(17)10-16(15)23(20,21)19-8-6-14(7-9-19)18-11-12-2-3-12/h4-5,10,12,14,18H,2-3,6-9,11H2,1H3. The predicted molar refractivity (Wildman–Crippen MR) is 90.5 cm³/mol. The van der Waals surface area contributed by atoms with E-state index in [2.05, 4.69) is 5.32 Å². The van der Waals surface area contributed by atoms with Gasteiger partial charge in [-0.2, -0.15) is 4.31 Å². The van der Waals surface area contributed by atoms with Crippen molar-refractivity contribution < 1.29 is 13.2 Å². The quantitative estimate of drug-likeness (QED) is 0.848. The van der Waals surface area contributed by atoms with Gasteiger partial charge in [0.1, 0.15) is 10.6 Å². The van der Waals surface area contributed by atoms with E-state index >= 15 is 0 Å². The lowest BCUT2D eigenvalue weighted by atomic mass is 10.1. The first-order valence-corrected chi connectivity index (χ1v) is 9.89. The van der Waals surface area contributed by atoms with Crippen molar-refractivity contribution >= 4 is 21.6 Å². The van der Waals surface area contributed by atoms with Gasteiger partial charge in [-0.25, -0.2) is 8.42 Å². The summed E-state index contributed by atoms with van der Waals surface area (Å²) in [6.45, 7) is 2.13. The highest BCUT2D eigenvalue weighted by Crippen LogP contribution is 2.31. The number of benzene rings is 1. The summed E-state index contributed by atoms with van der Waals surface area (Å²) in [4.78, 5) is 0.150. The van der Waals surface area contributed by atoms with Crippen LogP contribution in [0, 0.1) is 5.92 Å². The normalized spacial score (nSPS) is 20.6. The zero-order chi connectivity index (χ0) is 16.4. The Morgan fingerprint density at radius 1 is 1.26 bits per heavy atom. The number of sulfonamides is 1. The van der Waals surface area contributed by atoms with Crippen molar-refractivity contribution in [2.75, 3.05) is 26.7 Å². The summed E-state index contributed by atoms with van der Waals surface area (Å²) < 4.78 is 32.5. The van der Waals surface area contributed by atoms with Gasteiger partial charge in [0.15, 0.2) is 0 Å². The summed E-state index contributed by atoms with van der Waals surface area (Å²) in [7, 11) is -2.10. The van der Waals surface area contributed by atoms with Crippen molar-refractivity contribution in [1.29, 1.82) is 0 Å². The highest BCUT2D eigenvalue weighted by molar-refractivity contribution is 7.89. The van der Waals surface area contributed by atoms with E-state index in [-0.39, 0.29) is 4.90 Å². The molecule has 5 nitrogen and oxygen atoms in total. The molecule has 1 N–H and O–H groups in total. The fraction of sp³-hybridized carbons (Fsp3) is 0.625. The molecule has 1 aromatic carbocycles. The number of piperidine rings is 1.